The summed E-state index contributed by atoms with van der Waals surface area (Å²) in [6, 6.07) is 3.95. The number of carbonyl (C=O) groups excluding carboxylic acids is 1. The summed E-state index contributed by atoms with van der Waals surface area (Å²) >= 11 is 3.11. The van der Waals surface area contributed by atoms with Crippen LogP contribution in [0.1, 0.15) is 34.1 Å². The van der Waals surface area contributed by atoms with Crippen LogP contribution >= 0.6 is 15.9 Å². The fraction of sp³-hybridized carbons (Fsp3) is 0.385. The summed E-state index contributed by atoms with van der Waals surface area (Å²) in [5.74, 6) is -1.78. The van der Waals surface area contributed by atoms with Crippen LogP contribution in [0.15, 0.2) is 22.7 Å². The second-order valence-electron chi connectivity index (χ2n) is 4.18. The maximum absolute atomic E-state index is 12.5. The van der Waals surface area contributed by atoms with E-state index >= 15 is 0 Å². The first-order chi connectivity index (χ1) is 9.35. The van der Waals surface area contributed by atoms with Crippen LogP contribution in [0.5, 0.6) is 0 Å². The third kappa shape index (κ3) is 4.56. The fourth-order valence-corrected chi connectivity index (χ4v) is 2.22. The number of benzene rings is 1. The molecule has 0 spiro atoms. The Kier molecular flexibility index (Phi) is 6.06. The number of nitrogens with zero attached hydrogens (tertiary/aromatic N) is 1. The maximum Gasteiger partial charge on any atom is 0.335 e. The summed E-state index contributed by atoms with van der Waals surface area (Å²) in [7, 11) is 0. The van der Waals surface area contributed by atoms with Crippen LogP contribution in [0.25, 0.3) is 0 Å². The van der Waals surface area contributed by atoms with E-state index in [9.17, 15) is 18.4 Å². The van der Waals surface area contributed by atoms with Crippen molar-refractivity contribution in [2.24, 2.45) is 0 Å². The summed E-state index contributed by atoms with van der Waals surface area (Å²) in [6.45, 7) is 1.30. The summed E-state index contributed by atoms with van der Waals surface area (Å²) in [4.78, 5) is 24.1. The van der Waals surface area contributed by atoms with Crippen molar-refractivity contribution in [3.63, 3.8) is 0 Å². The van der Waals surface area contributed by atoms with Gasteiger partial charge in [0, 0.05) is 16.6 Å². The molecule has 4 nitrogen and oxygen atoms in total. The molecule has 0 radical (unpaired) electrons. The lowest BCUT2D eigenvalue weighted by Gasteiger charge is -2.22. The zero-order valence-electron chi connectivity index (χ0n) is 10.8. The molecule has 1 aromatic carbocycles. The number of amides is 1. The lowest BCUT2D eigenvalue weighted by molar-refractivity contribution is 0.0555. The molecule has 0 aliphatic heterocycles. The van der Waals surface area contributed by atoms with Crippen LogP contribution in [0.3, 0.4) is 0 Å². The molecule has 0 aliphatic rings. The SMILES string of the molecule is CCCN(CC(F)F)C(=O)c1cc(Br)cc(C(=O)O)c1. The third-order valence-electron chi connectivity index (χ3n) is 2.53. The van der Waals surface area contributed by atoms with E-state index < -0.39 is 24.8 Å². The molecule has 0 bridgehead atoms. The molecule has 0 unspecified atom stereocenters. The van der Waals surface area contributed by atoms with Crippen molar-refractivity contribution in [3.05, 3.63) is 33.8 Å². The lowest BCUT2D eigenvalue weighted by atomic mass is 10.1. The standard InChI is InChI=1S/C13H14BrF2NO3/c1-2-3-17(7-11(15)16)12(18)8-4-9(13(19)20)6-10(14)5-8/h4-6,11H,2-3,7H2,1H3,(H,19,20). The molecule has 0 saturated heterocycles. The highest BCUT2D eigenvalue weighted by atomic mass is 79.9. The first-order valence-corrected chi connectivity index (χ1v) is 6.75. The average molecular weight is 350 g/mol. The van der Waals surface area contributed by atoms with Gasteiger partial charge in [0.25, 0.3) is 12.3 Å². The minimum absolute atomic E-state index is 0.0729. The Balaban J connectivity index is 3.07. The lowest BCUT2D eigenvalue weighted by Crippen LogP contribution is -2.35. The quantitative estimate of drug-likeness (QED) is 0.857. The molecule has 0 saturated carbocycles. The van der Waals surface area contributed by atoms with Gasteiger partial charge in [0.2, 0.25) is 0 Å². The fourth-order valence-electron chi connectivity index (χ4n) is 1.73. The van der Waals surface area contributed by atoms with Gasteiger partial charge in [-0.15, -0.1) is 0 Å². The van der Waals surface area contributed by atoms with Crippen LogP contribution in [-0.2, 0) is 0 Å². The van der Waals surface area contributed by atoms with Gasteiger partial charge < -0.3 is 10.0 Å². The summed E-state index contributed by atoms with van der Waals surface area (Å²) < 4.78 is 25.4. The predicted molar refractivity (Wildman–Crippen MR) is 73.3 cm³/mol. The molecule has 20 heavy (non-hydrogen) atoms. The third-order valence-corrected chi connectivity index (χ3v) is 2.99. The van der Waals surface area contributed by atoms with Gasteiger partial charge in [-0.25, -0.2) is 13.6 Å². The Morgan fingerprint density at radius 3 is 2.40 bits per heavy atom. The number of alkyl halides is 2. The van der Waals surface area contributed by atoms with Crippen LogP contribution in [0.2, 0.25) is 0 Å². The second-order valence-corrected chi connectivity index (χ2v) is 5.09. The van der Waals surface area contributed by atoms with Crippen LogP contribution in [-0.4, -0.2) is 41.4 Å². The number of hydrogen-bond acceptors (Lipinski definition) is 2. The van der Waals surface area contributed by atoms with Crippen LogP contribution in [0, 0.1) is 0 Å². The topological polar surface area (TPSA) is 57.6 Å². The first kappa shape index (κ1) is 16.6. The van der Waals surface area contributed by atoms with Crippen LogP contribution in [0.4, 0.5) is 8.78 Å². The minimum Gasteiger partial charge on any atom is -0.478 e. The van der Waals surface area contributed by atoms with Crippen LogP contribution < -0.4 is 0 Å². The summed E-state index contributed by atoms with van der Waals surface area (Å²) in [6.07, 6.45) is -2.09. The minimum atomic E-state index is -2.63. The molecule has 0 atom stereocenters. The van der Waals surface area contributed by atoms with Crippen molar-refractivity contribution in [3.8, 4) is 0 Å². The zero-order chi connectivity index (χ0) is 15.3. The van der Waals surface area contributed by atoms with Crippen molar-refractivity contribution in [2.45, 2.75) is 19.8 Å². The van der Waals surface area contributed by atoms with E-state index in [0.29, 0.717) is 10.9 Å². The molecule has 7 heteroatoms. The Labute approximate surface area is 123 Å². The number of carbonyl (C=O) groups is 2. The molecule has 1 aromatic rings. The van der Waals surface area contributed by atoms with E-state index in [1.54, 1.807) is 6.92 Å². The molecule has 1 N–H and O–H groups in total. The number of aromatic carboxylic acids is 1. The predicted octanol–water partition coefficient (Wildman–Crippen LogP) is 3.26. The largest absolute Gasteiger partial charge is 0.478 e. The van der Waals surface area contributed by atoms with E-state index in [0.717, 1.165) is 4.90 Å². The van der Waals surface area contributed by atoms with Gasteiger partial charge in [0.15, 0.2) is 0 Å². The molecule has 0 heterocycles. The molecular weight excluding hydrogens is 336 g/mol. The molecule has 0 fully saturated rings. The Morgan fingerprint density at radius 2 is 1.90 bits per heavy atom. The first-order valence-electron chi connectivity index (χ1n) is 5.96. The summed E-state index contributed by atoms with van der Waals surface area (Å²) in [5, 5.41) is 8.94. The Bertz CT molecular complexity index is 508. The smallest absolute Gasteiger partial charge is 0.335 e. The molecule has 110 valence electrons. The van der Waals surface area contributed by atoms with Gasteiger partial charge in [-0.1, -0.05) is 22.9 Å². The number of halogens is 3. The summed E-state index contributed by atoms with van der Waals surface area (Å²) in [5.41, 5.74) is 0.00194. The van der Waals surface area contributed by atoms with Crippen molar-refractivity contribution in [1.29, 1.82) is 0 Å². The molecule has 1 amide bonds. The highest BCUT2D eigenvalue weighted by Gasteiger charge is 2.20. The van der Waals surface area contributed by atoms with Gasteiger partial charge in [-0.2, -0.15) is 0 Å². The highest BCUT2D eigenvalue weighted by Crippen LogP contribution is 2.18. The maximum atomic E-state index is 12.5. The van der Waals surface area contributed by atoms with E-state index in [1.165, 1.54) is 18.2 Å². The van der Waals surface area contributed by atoms with Gasteiger partial charge in [-0.05, 0) is 24.6 Å². The van der Waals surface area contributed by atoms with E-state index in [-0.39, 0.29) is 17.7 Å². The average Bonchev–Trinajstić information content (AvgIpc) is 2.36. The van der Waals surface area contributed by atoms with Gasteiger partial charge in [-0.3, -0.25) is 4.79 Å². The number of carboxylic acid groups (broad SMARTS) is 1. The molecule has 0 aromatic heterocycles. The molecular formula is C13H14BrF2NO3. The number of hydrogen-bond donors (Lipinski definition) is 1. The second kappa shape index (κ2) is 7.33. The Hall–Kier alpha value is -1.50. The van der Waals surface area contributed by atoms with Crippen molar-refractivity contribution in [1.82, 2.24) is 4.90 Å². The number of rotatable bonds is 6. The molecule has 1 rings (SSSR count). The monoisotopic (exact) mass is 349 g/mol. The van der Waals surface area contributed by atoms with Crippen molar-refractivity contribution < 1.29 is 23.5 Å². The zero-order valence-corrected chi connectivity index (χ0v) is 12.4. The van der Waals surface area contributed by atoms with Gasteiger partial charge in [0.1, 0.15) is 0 Å². The molecule has 0 aliphatic carbocycles. The normalized spacial score (nSPS) is 10.7. The Morgan fingerprint density at radius 1 is 1.30 bits per heavy atom. The van der Waals surface area contributed by atoms with E-state index in [2.05, 4.69) is 15.9 Å². The van der Waals surface area contributed by atoms with Crippen molar-refractivity contribution in [2.75, 3.05) is 13.1 Å². The van der Waals surface area contributed by atoms with E-state index in [4.69, 9.17) is 5.11 Å². The van der Waals surface area contributed by atoms with Crippen molar-refractivity contribution >= 4 is 27.8 Å². The number of carboxylic acids is 1. The highest BCUT2D eigenvalue weighted by molar-refractivity contribution is 9.10. The van der Waals surface area contributed by atoms with Gasteiger partial charge in [0.05, 0.1) is 12.1 Å². The van der Waals surface area contributed by atoms with E-state index in [1.807, 2.05) is 0 Å². The van der Waals surface area contributed by atoms with Gasteiger partial charge >= 0.3 is 5.97 Å².